The molecule has 2 atom stereocenters. The molecule has 1 fully saturated rings. The number of carbonyl (C=O) groups is 1. The Morgan fingerprint density at radius 3 is 2.20 bits per heavy atom. The standard InChI is InChI=1S/C20H22Cl2N2O2.C7H6O2/c21-13-3-5-19-17(8-13)18-9-14(22)4-6-20(18)24(19)12-15(25)10-23-11-16-2-1-7-26-16;8-7(9)6-4-2-1-3-5-6/h3-6,8-9,15-16,23,25H,1-2,7,10-12H2;1-5H,(H,8,9). The molecule has 5 rings (SSSR count). The maximum atomic E-state index is 10.6. The van der Waals surface area contributed by atoms with E-state index in [1.165, 1.54) is 12.1 Å². The molecule has 6 nitrogen and oxygen atoms in total. The summed E-state index contributed by atoms with van der Waals surface area (Å²) in [5.74, 6) is -1.13. The van der Waals surface area contributed by atoms with Crippen molar-refractivity contribution in [2.24, 2.45) is 0 Å². The number of carboxylic acids is 1. The molecule has 4 aromatic rings. The molecule has 2 unspecified atom stereocenters. The Morgan fingerprint density at radius 2 is 1.69 bits per heavy atom. The van der Waals surface area contributed by atoms with Crippen molar-refractivity contribution in [3.63, 3.8) is 0 Å². The maximum absolute atomic E-state index is 10.6. The Morgan fingerprint density at radius 1 is 1.06 bits per heavy atom. The van der Waals surface area contributed by atoms with Gasteiger partial charge >= 0.3 is 0 Å². The van der Waals surface area contributed by atoms with E-state index in [1.807, 2.05) is 36.4 Å². The Balaban J connectivity index is 0.000000271. The molecule has 1 saturated heterocycles. The van der Waals surface area contributed by atoms with E-state index < -0.39 is 12.1 Å². The zero-order valence-electron chi connectivity index (χ0n) is 19.2. The third-order valence-electron chi connectivity index (χ3n) is 6.08. The molecule has 0 aliphatic carbocycles. The van der Waals surface area contributed by atoms with Crippen LogP contribution in [-0.4, -0.2) is 47.5 Å². The van der Waals surface area contributed by atoms with E-state index >= 15 is 0 Å². The Labute approximate surface area is 214 Å². The van der Waals surface area contributed by atoms with Crippen molar-refractivity contribution in [3.05, 3.63) is 82.3 Å². The molecule has 35 heavy (non-hydrogen) atoms. The van der Waals surface area contributed by atoms with E-state index in [9.17, 15) is 15.0 Å². The maximum Gasteiger partial charge on any atom is 0.121 e. The molecule has 2 heterocycles. The molecule has 3 N–H and O–H groups in total. The smallest absolute Gasteiger partial charge is 0.121 e. The number of aromatic carboxylic acids is 1. The summed E-state index contributed by atoms with van der Waals surface area (Å²) < 4.78 is 7.79. The number of rotatable bonds is 7. The van der Waals surface area contributed by atoms with Crippen molar-refractivity contribution in [2.75, 3.05) is 19.7 Å². The molecule has 0 saturated carbocycles. The van der Waals surface area contributed by atoms with Crippen molar-refractivity contribution >= 4 is 51.0 Å². The number of carbonyl (C=O) groups excluding carboxylic acids is 1. The number of ether oxygens (including phenoxy) is 1. The molecular formula is C27H28Cl2N2O4. The van der Waals surface area contributed by atoms with Gasteiger partial charge in [-0.05, 0) is 54.8 Å². The number of fused-ring (bicyclic) bond motifs is 3. The fourth-order valence-electron chi connectivity index (χ4n) is 4.41. The van der Waals surface area contributed by atoms with E-state index in [2.05, 4.69) is 9.88 Å². The van der Waals surface area contributed by atoms with Gasteiger partial charge in [0.15, 0.2) is 0 Å². The summed E-state index contributed by atoms with van der Waals surface area (Å²) in [5.41, 5.74) is 2.34. The quantitative estimate of drug-likeness (QED) is 0.396. The molecule has 0 spiro atoms. The summed E-state index contributed by atoms with van der Waals surface area (Å²) >= 11 is 12.4. The minimum Gasteiger partial charge on any atom is -0.545 e. The average Bonchev–Trinajstić information content (AvgIpc) is 3.47. The molecule has 1 aromatic heterocycles. The van der Waals surface area contributed by atoms with Crippen LogP contribution in [0, 0.1) is 0 Å². The first-order valence-electron chi connectivity index (χ1n) is 11.7. The SMILES string of the molecule is O=C([O-])c1ccccc1.OC(C[NH2+]CC1CCCO1)Cn1c2ccc(Cl)cc2c2cc(Cl)ccc21. The Hall–Kier alpha value is -2.61. The molecule has 0 bridgehead atoms. The number of nitrogens with two attached hydrogens (primary N) is 1. The topological polar surface area (TPSA) is 91.1 Å². The number of aliphatic hydroxyl groups excluding tert-OH is 1. The number of halogens is 2. The lowest BCUT2D eigenvalue weighted by Crippen LogP contribution is -2.88. The Bertz CT molecular complexity index is 1230. The summed E-state index contributed by atoms with van der Waals surface area (Å²) in [6.07, 6.45) is 2.16. The van der Waals surface area contributed by atoms with Gasteiger partial charge in [-0.3, -0.25) is 0 Å². The third kappa shape index (κ3) is 6.54. The lowest BCUT2D eigenvalue weighted by atomic mass is 10.1. The summed E-state index contributed by atoms with van der Waals surface area (Å²) in [5, 5.41) is 26.3. The zero-order chi connectivity index (χ0) is 24.8. The number of benzene rings is 3. The first kappa shape index (κ1) is 25.5. The lowest BCUT2D eigenvalue weighted by molar-refractivity contribution is -0.666. The highest BCUT2D eigenvalue weighted by molar-refractivity contribution is 6.33. The lowest BCUT2D eigenvalue weighted by Gasteiger charge is -2.14. The van der Waals surface area contributed by atoms with Gasteiger partial charge in [0.05, 0.1) is 12.5 Å². The second-order valence-electron chi connectivity index (χ2n) is 8.64. The van der Waals surface area contributed by atoms with Gasteiger partial charge in [-0.2, -0.15) is 0 Å². The monoisotopic (exact) mass is 514 g/mol. The fourth-order valence-corrected chi connectivity index (χ4v) is 4.75. The van der Waals surface area contributed by atoms with E-state index in [1.54, 1.807) is 18.2 Å². The number of nitrogens with zero attached hydrogens (tertiary/aromatic N) is 1. The van der Waals surface area contributed by atoms with Crippen LogP contribution >= 0.6 is 23.2 Å². The van der Waals surface area contributed by atoms with Crippen LogP contribution in [0.2, 0.25) is 10.0 Å². The normalized spacial score (nSPS) is 16.3. The number of quaternary nitrogens is 1. The summed E-state index contributed by atoms with van der Waals surface area (Å²) in [4.78, 5) is 10.1. The summed E-state index contributed by atoms with van der Waals surface area (Å²) in [6, 6.07) is 19.8. The van der Waals surface area contributed by atoms with Crippen LogP contribution in [0.3, 0.4) is 0 Å². The van der Waals surface area contributed by atoms with Gasteiger partial charge in [0.25, 0.3) is 0 Å². The number of hydrogen-bond donors (Lipinski definition) is 2. The van der Waals surface area contributed by atoms with Crippen LogP contribution in [0.25, 0.3) is 21.8 Å². The molecule has 3 aromatic carbocycles. The second kappa shape index (κ2) is 11.9. The highest BCUT2D eigenvalue weighted by Gasteiger charge is 2.19. The van der Waals surface area contributed by atoms with Gasteiger partial charge in [-0.25, -0.2) is 0 Å². The first-order chi connectivity index (χ1) is 16.9. The van der Waals surface area contributed by atoms with Crippen LogP contribution in [-0.2, 0) is 11.3 Å². The number of hydrogen-bond acceptors (Lipinski definition) is 4. The largest absolute Gasteiger partial charge is 0.545 e. The van der Waals surface area contributed by atoms with Gasteiger partial charge in [-0.1, -0.05) is 53.5 Å². The minimum absolute atomic E-state index is 0.220. The molecule has 184 valence electrons. The summed E-state index contributed by atoms with van der Waals surface area (Å²) in [7, 11) is 0. The second-order valence-corrected chi connectivity index (χ2v) is 9.51. The summed E-state index contributed by atoms with van der Waals surface area (Å²) in [6.45, 7) is 2.97. The van der Waals surface area contributed by atoms with E-state index in [0.717, 1.165) is 47.8 Å². The number of aromatic nitrogens is 1. The predicted octanol–water partition coefficient (Wildman–Crippen LogP) is 3.25. The van der Waals surface area contributed by atoms with Crippen LogP contribution in [0.4, 0.5) is 0 Å². The molecule has 8 heteroatoms. The van der Waals surface area contributed by atoms with E-state index in [0.29, 0.717) is 29.2 Å². The third-order valence-corrected chi connectivity index (χ3v) is 6.55. The molecule has 1 aliphatic heterocycles. The zero-order valence-corrected chi connectivity index (χ0v) is 20.7. The molecular weight excluding hydrogens is 487 g/mol. The highest BCUT2D eigenvalue weighted by atomic mass is 35.5. The number of carboxylic acid groups (broad SMARTS) is 1. The molecule has 0 amide bonds. The van der Waals surface area contributed by atoms with Crippen molar-refractivity contribution in [1.82, 2.24) is 4.57 Å². The van der Waals surface area contributed by atoms with Crippen LogP contribution in [0.5, 0.6) is 0 Å². The van der Waals surface area contributed by atoms with Gasteiger partial charge < -0.3 is 29.6 Å². The Kier molecular flexibility index (Phi) is 8.65. The van der Waals surface area contributed by atoms with Gasteiger partial charge in [0.2, 0.25) is 0 Å². The van der Waals surface area contributed by atoms with Gasteiger partial charge in [0.1, 0.15) is 25.3 Å². The number of aliphatic hydroxyl groups is 1. The minimum atomic E-state index is -1.13. The van der Waals surface area contributed by atoms with Gasteiger partial charge in [0, 0.05) is 38.5 Å². The predicted molar refractivity (Wildman–Crippen MR) is 137 cm³/mol. The van der Waals surface area contributed by atoms with Crippen LogP contribution in [0.1, 0.15) is 23.2 Å². The van der Waals surface area contributed by atoms with Crippen LogP contribution in [0.15, 0.2) is 66.7 Å². The highest BCUT2D eigenvalue weighted by Crippen LogP contribution is 2.32. The van der Waals surface area contributed by atoms with Gasteiger partial charge in [-0.15, -0.1) is 0 Å². The first-order valence-corrected chi connectivity index (χ1v) is 12.4. The van der Waals surface area contributed by atoms with Crippen molar-refractivity contribution in [1.29, 1.82) is 0 Å². The average molecular weight is 515 g/mol. The van der Waals surface area contributed by atoms with E-state index in [4.69, 9.17) is 27.9 Å². The van der Waals surface area contributed by atoms with Crippen LogP contribution < -0.4 is 10.4 Å². The van der Waals surface area contributed by atoms with E-state index in [-0.39, 0.29) is 5.56 Å². The molecule has 0 radical (unpaired) electrons. The van der Waals surface area contributed by atoms with Crippen molar-refractivity contribution in [3.8, 4) is 0 Å². The van der Waals surface area contributed by atoms with Crippen molar-refractivity contribution < 1.29 is 25.1 Å². The van der Waals surface area contributed by atoms with Crippen molar-refractivity contribution in [2.45, 2.75) is 31.6 Å². The fraction of sp³-hybridized carbons (Fsp3) is 0.296. The molecule has 1 aliphatic rings.